The van der Waals surface area contributed by atoms with Gasteiger partial charge in [0.25, 0.3) is 5.91 Å². The second-order valence-corrected chi connectivity index (χ2v) is 10.1. The number of amides is 1. The van der Waals surface area contributed by atoms with Crippen molar-refractivity contribution in [1.29, 1.82) is 0 Å². The molecule has 0 bridgehead atoms. The van der Waals surface area contributed by atoms with E-state index in [4.69, 9.17) is 14.3 Å². The van der Waals surface area contributed by atoms with E-state index in [1.54, 1.807) is 36.4 Å². The van der Waals surface area contributed by atoms with Crippen LogP contribution in [0.5, 0.6) is 5.75 Å². The highest BCUT2D eigenvalue weighted by molar-refractivity contribution is 5.94. The van der Waals surface area contributed by atoms with E-state index >= 15 is 0 Å². The molecule has 1 heterocycles. The number of benzene rings is 3. The molecule has 1 atom stereocenters. The number of fused-ring (bicyclic) bond motifs is 1. The van der Waals surface area contributed by atoms with Crippen LogP contribution in [0.3, 0.4) is 0 Å². The summed E-state index contributed by atoms with van der Waals surface area (Å²) in [6.45, 7) is 6.57. The number of carbonyl (C=O) groups is 2. The molecule has 7 nitrogen and oxygen atoms in total. The van der Waals surface area contributed by atoms with Gasteiger partial charge >= 0.3 is 5.97 Å². The minimum atomic E-state index is -0.967. The first-order chi connectivity index (χ1) is 18.1. The lowest BCUT2D eigenvalue weighted by Gasteiger charge is -2.32. The number of carbonyl (C=O) groups excluding carboxylic acids is 1. The number of anilines is 1. The largest absolute Gasteiger partial charge is 0.491 e. The Kier molecular flexibility index (Phi) is 8.00. The van der Waals surface area contributed by atoms with E-state index in [2.05, 4.69) is 31.4 Å². The van der Waals surface area contributed by atoms with Crippen molar-refractivity contribution in [1.82, 2.24) is 5.32 Å². The summed E-state index contributed by atoms with van der Waals surface area (Å²) < 4.78 is 26.7. The molecule has 0 radical (unpaired) electrons. The molecule has 4 aromatic rings. The summed E-state index contributed by atoms with van der Waals surface area (Å²) in [5.74, 6) is -0.860. The molecule has 0 aliphatic heterocycles. The first-order valence-electron chi connectivity index (χ1n) is 12.4. The van der Waals surface area contributed by atoms with Crippen LogP contribution in [-0.2, 0) is 4.79 Å². The zero-order chi connectivity index (χ0) is 27.3. The predicted octanol–water partition coefficient (Wildman–Crippen LogP) is 6.35. The molecule has 8 heteroatoms. The van der Waals surface area contributed by atoms with Gasteiger partial charge in [-0.25, -0.2) is 4.39 Å². The minimum absolute atomic E-state index is 0.0669. The van der Waals surface area contributed by atoms with E-state index in [1.807, 2.05) is 30.3 Å². The van der Waals surface area contributed by atoms with Crippen LogP contribution in [0.4, 0.5) is 10.1 Å². The molecule has 0 saturated carbocycles. The number of hydrogen-bond donors (Lipinski definition) is 3. The zero-order valence-corrected chi connectivity index (χ0v) is 21.6. The van der Waals surface area contributed by atoms with Crippen LogP contribution in [0, 0.1) is 11.2 Å². The number of carboxylic acid groups (broad SMARTS) is 1. The second kappa shape index (κ2) is 11.4. The molecule has 0 saturated heterocycles. The standard InChI is InChI=1S/C30H31FN2O5/c1-30(2,3)27(33-21-10-8-19(9-11-21)29(36)32-15-14-28(34)35)18-37-22-12-13-23(24(31)17-22)26-16-20-6-4-5-7-25(20)38-26/h4-13,16-17,27,33H,14-15,18H2,1-3H3,(H,32,36)(H,34,35)/t27-/m1/s1. The van der Waals surface area contributed by atoms with E-state index in [1.165, 1.54) is 6.07 Å². The molecule has 1 amide bonds. The van der Waals surface area contributed by atoms with Crippen LogP contribution in [0.25, 0.3) is 22.3 Å². The summed E-state index contributed by atoms with van der Waals surface area (Å²) in [5, 5.41) is 15.6. The van der Waals surface area contributed by atoms with Crippen LogP contribution in [0.2, 0.25) is 0 Å². The van der Waals surface area contributed by atoms with Gasteiger partial charge in [-0.1, -0.05) is 39.0 Å². The number of hydrogen-bond acceptors (Lipinski definition) is 5. The molecule has 4 rings (SSSR count). The van der Waals surface area contributed by atoms with Crippen LogP contribution >= 0.6 is 0 Å². The van der Waals surface area contributed by atoms with Crippen LogP contribution in [0.1, 0.15) is 37.6 Å². The highest BCUT2D eigenvalue weighted by atomic mass is 19.1. The number of aliphatic carboxylic acids is 1. The SMILES string of the molecule is CC(C)(C)[C@@H](COc1ccc(-c2cc3ccccc3o2)c(F)c1)Nc1ccc(C(=O)NCCC(=O)O)cc1. The number of para-hydroxylation sites is 1. The van der Waals surface area contributed by atoms with E-state index in [0.717, 1.165) is 11.1 Å². The van der Waals surface area contributed by atoms with Gasteiger partial charge in [-0.3, -0.25) is 9.59 Å². The quantitative estimate of drug-likeness (QED) is 0.226. The Labute approximate surface area is 220 Å². The number of furan rings is 1. The summed E-state index contributed by atoms with van der Waals surface area (Å²) in [5.41, 5.74) is 2.10. The molecule has 0 unspecified atom stereocenters. The van der Waals surface area contributed by atoms with Gasteiger partial charge in [0.1, 0.15) is 29.5 Å². The Balaban J connectivity index is 1.39. The van der Waals surface area contributed by atoms with E-state index in [9.17, 15) is 14.0 Å². The summed E-state index contributed by atoms with van der Waals surface area (Å²) >= 11 is 0. The third-order valence-corrected chi connectivity index (χ3v) is 6.21. The number of halogens is 1. The molecule has 198 valence electrons. The lowest BCUT2D eigenvalue weighted by atomic mass is 9.87. The lowest BCUT2D eigenvalue weighted by molar-refractivity contribution is -0.136. The molecule has 38 heavy (non-hydrogen) atoms. The third kappa shape index (κ3) is 6.70. The van der Waals surface area contributed by atoms with Gasteiger partial charge in [-0.05, 0) is 53.9 Å². The van der Waals surface area contributed by atoms with Crippen LogP contribution in [-0.4, -0.2) is 36.2 Å². The molecular formula is C30H31FN2O5. The lowest BCUT2D eigenvalue weighted by Crippen LogP contribution is -2.39. The van der Waals surface area contributed by atoms with E-state index < -0.39 is 11.8 Å². The second-order valence-electron chi connectivity index (χ2n) is 10.1. The number of nitrogens with one attached hydrogen (secondary N) is 2. The van der Waals surface area contributed by atoms with Crippen LogP contribution in [0.15, 0.2) is 77.2 Å². The number of ether oxygens (including phenoxy) is 1. The molecule has 3 aromatic carbocycles. The number of carboxylic acids is 1. The summed E-state index contributed by atoms with van der Waals surface area (Å²) in [4.78, 5) is 22.8. The Hall–Kier alpha value is -4.33. The molecule has 0 aliphatic rings. The highest BCUT2D eigenvalue weighted by Crippen LogP contribution is 2.32. The van der Waals surface area contributed by atoms with Crippen molar-refractivity contribution >= 4 is 28.5 Å². The van der Waals surface area contributed by atoms with Gasteiger partial charge < -0.3 is 24.9 Å². The molecule has 1 aromatic heterocycles. The normalized spacial score (nSPS) is 12.2. The van der Waals surface area contributed by atoms with E-state index in [0.29, 0.717) is 28.2 Å². The summed E-state index contributed by atoms with van der Waals surface area (Å²) in [6.07, 6.45) is -0.134. The van der Waals surface area contributed by atoms with Gasteiger partial charge in [0.2, 0.25) is 0 Å². The third-order valence-electron chi connectivity index (χ3n) is 6.21. The Morgan fingerprint density at radius 3 is 2.42 bits per heavy atom. The zero-order valence-electron chi connectivity index (χ0n) is 21.6. The van der Waals surface area contributed by atoms with Crippen molar-refractivity contribution in [2.45, 2.75) is 33.2 Å². The molecular weight excluding hydrogens is 487 g/mol. The van der Waals surface area contributed by atoms with Gasteiger partial charge in [-0.2, -0.15) is 0 Å². The van der Waals surface area contributed by atoms with Crippen molar-refractivity contribution in [2.24, 2.45) is 5.41 Å². The number of rotatable bonds is 10. The Morgan fingerprint density at radius 1 is 1.03 bits per heavy atom. The Bertz CT molecular complexity index is 1390. The van der Waals surface area contributed by atoms with Gasteiger partial charge in [0, 0.05) is 29.2 Å². The maximum absolute atomic E-state index is 15.0. The summed E-state index contributed by atoms with van der Waals surface area (Å²) in [7, 11) is 0. The molecule has 3 N–H and O–H groups in total. The van der Waals surface area contributed by atoms with Gasteiger partial charge in [-0.15, -0.1) is 0 Å². The van der Waals surface area contributed by atoms with Crippen molar-refractivity contribution in [3.8, 4) is 17.1 Å². The van der Waals surface area contributed by atoms with Crippen molar-refractivity contribution in [3.63, 3.8) is 0 Å². The molecule has 0 aliphatic carbocycles. The average Bonchev–Trinajstić information content (AvgIpc) is 3.30. The fourth-order valence-corrected chi connectivity index (χ4v) is 3.89. The minimum Gasteiger partial charge on any atom is -0.491 e. The van der Waals surface area contributed by atoms with E-state index in [-0.39, 0.29) is 36.9 Å². The molecule has 0 fully saturated rings. The fraction of sp³-hybridized carbons (Fsp3) is 0.267. The van der Waals surface area contributed by atoms with Gasteiger partial charge in [0.15, 0.2) is 0 Å². The monoisotopic (exact) mass is 518 g/mol. The molecule has 0 spiro atoms. The first kappa shape index (κ1) is 26.7. The summed E-state index contributed by atoms with van der Waals surface area (Å²) in [6, 6.07) is 20.9. The maximum atomic E-state index is 15.0. The predicted molar refractivity (Wildman–Crippen MR) is 145 cm³/mol. The maximum Gasteiger partial charge on any atom is 0.305 e. The first-order valence-corrected chi connectivity index (χ1v) is 12.4. The topological polar surface area (TPSA) is 101 Å². The highest BCUT2D eigenvalue weighted by Gasteiger charge is 2.26. The fourth-order valence-electron chi connectivity index (χ4n) is 3.89. The van der Waals surface area contributed by atoms with Crippen molar-refractivity contribution < 1.29 is 28.2 Å². The van der Waals surface area contributed by atoms with Crippen LogP contribution < -0.4 is 15.4 Å². The average molecular weight is 519 g/mol. The Morgan fingerprint density at radius 2 is 1.76 bits per heavy atom. The van der Waals surface area contributed by atoms with Crippen molar-refractivity contribution in [3.05, 3.63) is 84.2 Å². The van der Waals surface area contributed by atoms with Gasteiger partial charge in [0.05, 0.1) is 18.0 Å². The van der Waals surface area contributed by atoms with Crippen molar-refractivity contribution in [2.75, 3.05) is 18.5 Å². The smallest absolute Gasteiger partial charge is 0.305 e.